The van der Waals surface area contributed by atoms with Crippen molar-refractivity contribution in [3.8, 4) is 0 Å². The molecule has 0 fully saturated rings. The molecule has 0 amide bonds. The van der Waals surface area contributed by atoms with Crippen LogP contribution >= 0.6 is 11.6 Å². The lowest BCUT2D eigenvalue weighted by Crippen LogP contribution is -2.13. The number of benzene rings is 1. The number of para-hydroxylation sites is 1. The fourth-order valence-corrected chi connectivity index (χ4v) is 1.69. The van der Waals surface area contributed by atoms with E-state index in [4.69, 9.17) is 11.6 Å². The van der Waals surface area contributed by atoms with Gasteiger partial charge in [-0.1, -0.05) is 29.8 Å². The molecular weight excluding hydrogens is 236 g/mol. The molecule has 0 saturated carbocycles. The summed E-state index contributed by atoms with van der Waals surface area (Å²) in [5.74, 6) is 0. The minimum atomic E-state index is -0.646. The summed E-state index contributed by atoms with van der Waals surface area (Å²) >= 11 is 5.99. The maximum Gasteiger partial charge on any atom is 0.113 e. The quantitative estimate of drug-likeness (QED) is 0.875. The van der Waals surface area contributed by atoms with Crippen molar-refractivity contribution in [2.75, 3.05) is 11.9 Å². The molecule has 88 valence electrons. The van der Waals surface area contributed by atoms with E-state index in [9.17, 15) is 5.11 Å². The van der Waals surface area contributed by atoms with Gasteiger partial charge in [0.25, 0.3) is 0 Å². The van der Waals surface area contributed by atoms with Crippen LogP contribution in [0.15, 0.2) is 48.7 Å². The average molecular weight is 249 g/mol. The maximum absolute atomic E-state index is 9.90. The highest BCUT2D eigenvalue weighted by molar-refractivity contribution is 6.33. The first-order valence-electron chi connectivity index (χ1n) is 5.35. The summed E-state index contributed by atoms with van der Waals surface area (Å²) in [4.78, 5) is 4.09. The first-order valence-corrected chi connectivity index (χ1v) is 5.72. The fourth-order valence-electron chi connectivity index (χ4n) is 1.49. The molecule has 0 aliphatic heterocycles. The molecule has 17 heavy (non-hydrogen) atoms. The van der Waals surface area contributed by atoms with Crippen LogP contribution in [0.5, 0.6) is 0 Å². The highest BCUT2D eigenvalue weighted by atomic mass is 35.5. The van der Waals surface area contributed by atoms with E-state index >= 15 is 0 Å². The molecule has 0 saturated heterocycles. The van der Waals surface area contributed by atoms with Crippen molar-refractivity contribution in [3.63, 3.8) is 0 Å². The molecule has 1 unspecified atom stereocenters. The number of aliphatic hydroxyl groups excluding tert-OH is 1. The van der Waals surface area contributed by atoms with Crippen molar-refractivity contribution < 1.29 is 5.11 Å². The zero-order chi connectivity index (χ0) is 12.1. The van der Waals surface area contributed by atoms with Gasteiger partial charge in [0.15, 0.2) is 0 Å². The van der Waals surface area contributed by atoms with Gasteiger partial charge in [0.1, 0.15) is 6.10 Å². The lowest BCUT2D eigenvalue weighted by atomic mass is 10.2. The third-order valence-electron chi connectivity index (χ3n) is 2.39. The predicted octanol–water partition coefficient (Wildman–Crippen LogP) is 2.88. The van der Waals surface area contributed by atoms with Crippen LogP contribution in [0.1, 0.15) is 11.8 Å². The smallest absolute Gasteiger partial charge is 0.113 e. The standard InChI is InChI=1S/C13H13ClN2O/c14-10-5-1-2-6-11(10)16-9-13(17)12-7-3-4-8-15-12/h1-8,13,16-17H,9H2. The molecule has 1 aromatic heterocycles. The largest absolute Gasteiger partial charge is 0.385 e. The van der Waals surface area contributed by atoms with Crippen molar-refractivity contribution in [1.82, 2.24) is 4.98 Å². The first-order chi connectivity index (χ1) is 8.27. The van der Waals surface area contributed by atoms with Gasteiger partial charge in [-0.05, 0) is 24.3 Å². The van der Waals surface area contributed by atoms with Crippen LogP contribution in [0.2, 0.25) is 5.02 Å². The van der Waals surface area contributed by atoms with Gasteiger partial charge in [0, 0.05) is 12.7 Å². The second-order valence-electron chi connectivity index (χ2n) is 3.63. The minimum absolute atomic E-state index is 0.376. The Morgan fingerprint density at radius 3 is 2.65 bits per heavy atom. The summed E-state index contributed by atoms with van der Waals surface area (Å²) < 4.78 is 0. The molecule has 0 radical (unpaired) electrons. The third kappa shape index (κ3) is 3.19. The zero-order valence-electron chi connectivity index (χ0n) is 9.18. The van der Waals surface area contributed by atoms with E-state index in [0.717, 1.165) is 5.69 Å². The number of rotatable bonds is 4. The van der Waals surface area contributed by atoms with Crippen molar-refractivity contribution in [3.05, 3.63) is 59.4 Å². The monoisotopic (exact) mass is 248 g/mol. The normalized spacial score (nSPS) is 12.1. The molecule has 3 nitrogen and oxygen atoms in total. The van der Waals surface area contributed by atoms with E-state index in [0.29, 0.717) is 17.3 Å². The van der Waals surface area contributed by atoms with Crippen LogP contribution in [0, 0.1) is 0 Å². The van der Waals surface area contributed by atoms with Gasteiger partial charge in [-0.2, -0.15) is 0 Å². The van der Waals surface area contributed by atoms with Gasteiger partial charge in [0.2, 0.25) is 0 Å². The average Bonchev–Trinajstić information content (AvgIpc) is 2.38. The van der Waals surface area contributed by atoms with Crippen molar-refractivity contribution in [2.45, 2.75) is 6.10 Å². The maximum atomic E-state index is 9.90. The zero-order valence-corrected chi connectivity index (χ0v) is 9.93. The molecular formula is C13H13ClN2O. The molecule has 1 atom stereocenters. The fraction of sp³-hybridized carbons (Fsp3) is 0.154. The molecule has 0 aliphatic carbocycles. The van der Waals surface area contributed by atoms with Crippen LogP contribution in [-0.4, -0.2) is 16.6 Å². The second kappa shape index (κ2) is 5.66. The van der Waals surface area contributed by atoms with Crippen molar-refractivity contribution >= 4 is 17.3 Å². The van der Waals surface area contributed by atoms with E-state index in [2.05, 4.69) is 10.3 Å². The van der Waals surface area contributed by atoms with Crippen LogP contribution in [-0.2, 0) is 0 Å². The van der Waals surface area contributed by atoms with E-state index in [-0.39, 0.29) is 0 Å². The highest BCUT2D eigenvalue weighted by Crippen LogP contribution is 2.21. The van der Waals surface area contributed by atoms with E-state index in [1.54, 1.807) is 18.3 Å². The Hall–Kier alpha value is -1.58. The first kappa shape index (κ1) is 11.9. The number of nitrogens with one attached hydrogen (secondary N) is 1. The summed E-state index contributed by atoms with van der Waals surface area (Å²) in [7, 11) is 0. The lowest BCUT2D eigenvalue weighted by Gasteiger charge is -2.13. The Morgan fingerprint density at radius 2 is 1.94 bits per heavy atom. The molecule has 1 heterocycles. The number of nitrogens with zero attached hydrogens (tertiary/aromatic N) is 1. The van der Waals surface area contributed by atoms with Gasteiger partial charge in [-0.25, -0.2) is 0 Å². The predicted molar refractivity (Wildman–Crippen MR) is 69.1 cm³/mol. The minimum Gasteiger partial charge on any atom is -0.385 e. The Balaban J connectivity index is 1.97. The van der Waals surface area contributed by atoms with Gasteiger partial charge in [-0.15, -0.1) is 0 Å². The SMILES string of the molecule is OC(CNc1ccccc1Cl)c1ccccn1. The molecule has 0 bridgehead atoms. The van der Waals surface area contributed by atoms with E-state index in [1.165, 1.54) is 0 Å². The van der Waals surface area contributed by atoms with Crippen LogP contribution in [0.25, 0.3) is 0 Å². The summed E-state index contributed by atoms with van der Waals surface area (Å²) in [5, 5.41) is 13.6. The second-order valence-corrected chi connectivity index (χ2v) is 4.04. The van der Waals surface area contributed by atoms with E-state index in [1.807, 2.05) is 30.3 Å². The third-order valence-corrected chi connectivity index (χ3v) is 2.72. The van der Waals surface area contributed by atoms with Gasteiger partial charge in [-0.3, -0.25) is 4.98 Å². The Bertz CT molecular complexity index is 476. The molecule has 2 rings (SSSR count). The van der Waals surface area contributed by atoms with Gasteiger partial charge in [0.05, 0.1) is 16.4 Å². The number of hydrogen-bond donors (Lipinski definition) is 2. The summed E-state index contributed by atoms with van der Waals surface area (Å²) in [6.45, 7) is 0.376. The van der Waals surface area contributed by atoms with Gasteiger partial charge >= 0.3 is 0 Å². The van der Waals surface area contributed by atoms with Crippen molar-refractivity contribution in [1.29, 1.82) is 0 Å². The summed E-state index contributed by atoms with van der Waals surface area (Å²) in [5.41, 5.74) is 1.45. The van der Waals surface area contributed by atoms with Crippen LogP contribution < -0.4 is 5.32 Å². The van der Waals surface area contributed by atoms with Gasteiger partial charge < -0.3 is 10.4 Å². The summed E-state index contributed by atoms with van der Waals surface area (Å²) in [6, 6.07) is 12.9. The number of anilines is 1. The molecule has 2 aromatic rings. The number of pyridine rings is 1. The highest BCUT2D eigenvalue weighted by Gasteiger charge is 2.08. The Morgan fingerprint density at radius 1 is 1.18 bits per heavy atom. The Labute approximate surface area is 105 Å². The number of halogens is 1. The van der Waals surface area contributed by atoms with Crippen LogP contribution in [0.3, 0.4) is 0 Å². The topological polar surface area (TPSA) is 45.1 Å². The molecule has 0 aliphatic rings. The van der Waals surface area contributed by atoms with Crippen molar-refractivity contribution in [2.24, 2.45) is 0 Å². The molecule has 0 spiro atoms. The lowest BCUT2D eigenvalue weighted by molar-refractivity contribution is 0.187. The van der Waals surface area contributed by atoms with E-state index < -0.39 is 6.10 Å². The number of aliphatic hydroxyl groups is 1. The van der Waals surface area contributed by atoms with Crippen LogP contribution in [0.4, 0.5) is 5.69 Å². The Kier molecular flexibility index (Phi) is 3.96. The number of hydrogen-bond acceptors (Lipinski definition) is 3. The molecule has 1 aromatic carbocycles. The summed E-state index contributed by atoms with van der Waals surface area (Å²) in [6.07, 6.45) is 1.01. The number of aromatic nitrogens is 1. The molecule has 4 heteroatoms. The molecule has 2 N–H and O–H groups in total.